The summed E-state index contributed by atoms with van der Waals surface area (Å²) in [5.74, 6) is -1.99. The molecule has 0 aromatic heterocycles. The lowest BCUT2D eigenvalue weighted by Crippen LogP contribution is -2.49. The van der Waals surface area contributed by atoms with E-state index in [1.54, 1.807) is 19.1 Å². The number of allylic oxidation sites excluding steroid dienone is 2. The van der Waals surface area contributed by atoms with Gasteiger partial charge in [-0.2, -0.15) is 15.8 Å². The fraction of sp³-hybridized carbons (Fsp3) is 0.333. The van der Waals surface area contributed by atoms with E-state index in [0.29, 0.717) is 11.1 Å². The van der Waals surface area contributed by atoms with Crippen LogP contribution in [0.25, 0.3) is 0 Å². The summed E-state index contributed by atoms with van der Waals surface area (Å²) in [4.78, 5) is 13.7. The van der Waals surface area contributed by atoms with Gasteiger partial charge in [0.15, 0.2) is 5.41 Å². The molecule has 1 aromatic carbocycles. The topological polar surface area (TPSA) is 127 Å². The first-order valence-electron chi connectivity index (χ1n) is 9.03. The lowest BCUT2D eigenvalue weighted by molar-refractivity contribution is 0.0999. The van der Waals surface area contributed by atoms with Crippen LogP contribution < -0.4 is 5.73 Å². The minimum Gasteiger partial charge on any atom is -0.450 e. The largest absolute Gasteiger partial charge is 0.450 e. The van der Waals surface area contributed by atoms with Crippen LogP contribution in [-0.2, 0) is 4.74 Å². The molecule has 1 aromatic rings. The molecule has 7 nitrogen and oxygen atoms in total. The maximum atomic E-state index is 14.0. The molecule has 2 N–H and O–H groups in total. The van der Waals surface area contributed by atoms with Gasteiger partial charge in [0.2, 0.25) is 0 Å². The maximum Gasteiger partial charge on any atom is 0.410 e. The Morgan fingerprint density at radius 3 is 2.69 bits per heavy atom. The summed E-state index contributed by atoms with van der Waals surface area (Å²) in [6.07, 6.45) is 1.14. The zero-order chi connectivity index (χ0) is 21.2. The van der Waals surface area contributed by atoms with Gasteiger partial charge >= 0.3 is 6.09 Å². The molecule has 2 atom stereocenters. The van der Waals surface area contributed by atoms with Gasteiger partial charge in [-0.15, -0.1) is 0 Å². The van der Waals surface area contributed by atoms with E-state index in [-0.39, 0.29) is 31.0 Å². The average Bonchev–Trinajstić information content (AvgIpc) is 2.73. The Kier molecular flexibility index (Phi) is 5.26. The number of rotatable bonds is 2. The van der Waals surface area contributed by atoms with Crippen LogP contribution in [0.2, 0.25) is 0 Å². The first-order valence-corrected chi connectivity index (χ1v) is 9.03. The highest BCUT2D eigenvalue weighted by molar-refractivity contribution is 5.69. The molecular weight excluding hydrogens is 373 g/mol. The van der Waals surface area contributed by atoms with E-state index in [0.717, 1.165) is 0 Å². The molecule has 146 valence electrons. The second kappa shape index (κ2) is 7.66. The van der Waals surface area contributed by atoms with E-state index in [9.17, 15) is 25.0 Å². The number of carbonyl (C=O) groups excluding carboxylic acids is 1. The number of nitriles is 3. The molecule has 0 spiro atoms. The third kappa shape index (κ3) is 3.07. The number of carbonyl (C=O) groups is 1. The van der Waals surface area contributed by atoms with Crippen molar-refractivity contribution >= 4 is 6.09 Å². The molecule has 3 rings (SSSR count). The smallest absolute Gasteiger partial charge is 0.410 e. The van der Waals surface area contributed by atoms with Crippen molar-refractivity contribution in [2.24, 2.45) is 17.1 Å². The highest BCUT2D eigenvalue weighted by atomic mass is 19.1. The molecule has 8 heteroatoms. The molecule has 0 saturated carbocycles. The van der Waals surface area contributed by atoms with Crippen LogP contribution in [0.15, 0.2) is 47.2 Å². The number of amides is 1. The highest BCUT2D eigenvalue weighted by Crippen LogP contribution is 2.54. The third-order valence-electron chi connectivity index (χ3n) is 5.40. The van der Waals surface area contributed by atoms with Crippen molar-refractivity contribution in [3.63, 3.8) is 0 Å². The van der Waals surface area contributed by atoms with Gasteiger partial charge in [0, 0.05) is 24.9 Å². The Morgan fingerprint density at radius 2 is 2.10 bits per heavy atom. The summed E-state index contributed by atoms with van der Waals surface area (Å²) < 4.78 is 19.1. The molecule has 1 aliphatic heterocycles. The van der Waals surface area contributed by atoms with E-state index in [4.69, 9.17) is 10.5 Å². The zero-order valence-electron chi connectivity index (χ0n) is 15.7. The summed E-state index contributed by atoms with van der Waals surface area (Å²) in [5, 5.41) is 29.6. The SMILES string of the molecule is CCOC(=O)N1CC=C2C(C#N)=C(N)C(C#N)(C#N)[C@@H](c3cccc(F)c3)[C@@H]2C1. The average molecular weight is 391 g/mol. The van der Waals surface area contributed by atoms with Gasteiger partial charge in [-0.1, -0.05) is 18.2 Å². The summed E-state index contributed by atoms with van der Waals surface area (Å²) in [6.45, 7) is 2.19. The molecule has 0 bridgehead atoms. The van der Waals surface area contributed by atoms with E-state index in [1.165, 1.54) is 23.1 Å². The van der Waals surface area contributed by atoms with Crippen molar-refractivity contribution in [3.8, 4) is 18.2 Å². The van der Waals surface area contributed by atoms with E-state index >= 15 is 0 Å². The molecule has 0 fully saturated rings. The highest BCUT2D eigenvalue weighted by Gasteiger charge is 2.54. The van der Waals surface area contributed by atoms with E-state index in [1.807, 2.05) is 18.2 Å². The summed E-state index contributed by atoms with van der Waals surface area (Å²) in [5.41, 5.74) is 5.17. The lowest BCUT2D eigenvalue weighted by atomic mass is 9.58. The molecular formula is C21H18FN5O2. The number of fused-ring (bicyclic) bond motifs is 1. The van der Waals surface area contributed by atoms with E-state index < -0.39 is 29.2 Å². The number of benzene rings is 1. The van der Waals surface area contributed by atoms with Crippen molar-refractivity contribution in [2.45, 2.75) is 12.8 Å². The van der Waals surface area contributed by atoms with Crippen molar-refractivity contribution in [1.29, 1.82) is 15.8 Å². The van der Waals surface area contributed by atoms with Crippen LogP contribution in [0.3, 0.4) is 0 Å². The monoisotopic (exact) mass is 391 g/mol. The summed E-state index contributed by atoms with van der Waals surface area (Å²) in [7, 11) is 0. The number of hydrogen-bond donors (Lipinski definition) is 1. The van der Waals surface area contributed by atoms with Gasteiger partial charge in [0.1, 0.15) is 11.9 Å². The van der Waals surface area contributed by atoms with Gasteiger partial charge < -0.3 is 15.4 Å². The Morgan fingerprint density at radius 1 is 1.38 bits per heavy atom. The second-order valence-electron chi connectivity index (χ2n) is 6.83. The number of nitrogens with two attached hydrogens (primary N) is 1. The van der Waals surface area contributed by atoms with Crippen LogP contribution in [0.1, 0.15) is 18.4 Å². The minimum absolute atomic E-state index is 0.0641. The third-order valence-corrected chi connectivity index (χ3v) is 5.40. The molecule has 0 radical (unpaired) electrons. The second-order valence-corrected chi connectivity index (χ2v) is 6.83. The Hall–Kier alpha value is -3.83. The molecule has 1 amide bonds. The fourth-order valence-electron chi connectivity index (χ4n) is 4.12. The van der Waals surface area contributed by atoms with Crippen LogP contribution in [0, 0.1) is 51.1 Å². The molecule has 1 aliphatic carbocycles. The van der Waals surface area contributed by atoms with Gasteiger partial charge in [0.05, 0.1) is 30.0 Å². The predicted molar refractivity (Wildman–Crippen MR) is 99.8 cm³/mol. The fourth-order valence-corrected chi connectivity index (χ4v) is 4.12. The normalized spacial score (nSPS) is 22.4. The quantitative estimate of drug-likeness (QED) is 0.826. The van der Waals surface area contributed by atoms with Gasteiger partial charge in [-0.25, -0.2) is 9.18 Å². The van der Waals surface area contributed by atoms with Crippen molar-refractivity contribution < 1.29 is 13.9 Å². The Labute approximate surface area is 167 Å². The van der Waals surface area contributed by atoms with Crippen molar-refractivity contribution in [1.82, 2.24) is 4.90 Å². The van der Waals surface area contributed by atoms with Crippen LogP contribution in [-0.4, -0.2) is 30.7 Å². The first-order chi connectivity index (χ1) is 13.9. The van der Waals surface area contributed by atoms with Gasteiger partial charge in [0.25, 0.3) is 0 Å². The Balaban J connectivity index is 2.24. The number of nitrogens with zero attached hydrogens (tertiary/aromatic N) is 4. The number of hydrogen-bond acceptors (Lipinski definition) is 6. The van der Waals surface area contributed by atoms with Crippen molar-refractivity contribution in [3.05, 3.63) is 58.6 Å². The molecule has 2 aliphatic rings. The minimum atomic E-state index is -1.88. The van der Waals surface area contributed by atoms with Crippen LogP contribution >= 0.6 is 0 Å². The molecule has 29 heavy (non-hydrogen) atoms. The lowest BCUT2D eigenvalue weighted by Gasteiger charge is -2.45. The van der Waals surface area contributed by atoms with E-state index in [2.05, 4.69) is 0 Å². The number of ether oxygens (including phenoxy) is 1. The van der Waals surface area contributed by atoms with Crippen molar-refractivity contribution in [2.75, 3.05) is 19.7 Å². The standard InChI is InChI=1S/C21H18FN5O2/c1-2-29-20(28)27-7-6-15-16(9-23)19(26)21(11-24,12-25)18(17(15)10-27)13-4-3-5-14(22)8-13/h3-6,8,17-18H,2,7,10,26H2,1H3/t17-,18+/m1/s1. The maximum absolute atomic E-state index is 14.0. The zero-order valence-corrected chi connectivity index (χ0v) is 15.7. The first kappa shape index (κ1) is 19.9. The number of halogens is 1. The summed E-state index contributed by atoms with van der Waals surface area (Å²) in [6, 6.07) is 11.6. The van der Waals surface area contributed by atoms with Gasteiger partial charge in [-0.3, -0.25) is 0 Å². The van der Waals surface area contributed by atoms with Gasteiger partial charge in [-0.05, 0) is 30.2 Å². The van der Waals surface area contributed by atoms with Crippen LogP contribution in [0.5, 0.6) is 0 Å². The summed E-state index contributed by atoms with van der Waals surface area (Å²) >= 11 is 0. The molecule has 1 heterocycles. The molecule has 0 unspecified atom stereocenters. The Bertz CT molecular complexity index is 1030. The predicted octanol–water partition coefficient (Wildman–Crippen LogP) is 2.71. The van der Waals surface area contributed by atoms with Crippen LogP contribution in [0.4, 0.5) is 9.18 Å². The molecule has 0 saturated heterocycles.